The largest absolute Gasteiger partial charge is 0.480 e. The lowest BCUT2D eigenvalue weighted by atomic mass is 10.3. The Kier molecular flexibility index (Phi) is 4.16. The zero-order valence-corrected chi connectivity index (χ0v) is 9.32. The van der Waals surface area contributed by atoms with Gasteiger partial charge in [-0.25, -0.2) is 12.8 Å². The highest BCUT2D eigenvalue weighted by atomic mass is 32.2. The van der Waals surface area contributed by atoms with Crippen LogP contribution < -0.4 is 4.72 Å². The van der Waals surface area contributed by atoms with Crippen LogP contribution in [-0.2, 0) is 14.8 Å². The van der Waals surface area contributed by atoms with Gasteiger partial charge in [-0.3, -0.25) is 4.79 Å². The first-order valence-electron chi connectivity index (χ1n) is 4.48. The summed E-state index contributed by atoms with van der Waals surface area (Å²) in [6.07, 6.45) is 0. The number of aliphatic hydroxyl groups excluding tert-OH is 1. The summed E-state index contributed by atoms with van der Waals surface area (Å²) in [6.45, 7) is -0.879. The molecule has 1 aromatic rings. The fourth-order valence-corrected chi connectivity index (χ4v) is 2.22. The van der Waals surface area contributed by atoms with E-state index >= 15 is 0 Å². The molecule has 8 heteroatoms. The summed E-state index contributed by atoms with van der Waals surface area (Å²) in [7, 11) is -4.09. The topological polar surface area (TPSA) is 104 Å². The molecule has 0 aliphatic rings. The third kappa shape index (κ3) is 3.48. The number of aliphatic hydroxyl groups is 1. The molecule has 17 heavy (non-hydrogen) atoms. The molecule has 1 unspecified atom stereocenters. The van der Waals surface area contributed by atoms with E-state index in [1.165, 1.54) is 0 Å². The first-order chi connectivity index (χ1) is 7.86. The molecular weight excluding hydrogens is 253 g/mol. The van der Waals surface area contributed by atoms with Crippen molar-refractivity contribution in [1.82, 2.24) is 4.72 Å². The van der Waals surface area contributed by atoms with Gasteiger partial charge in [-0.05, 0) is 24.3 Å². The minimum Gasteiger partial charge on any atom is -0.480 e. The maximum Gasteiger partial charge on any atom is 0.324 e. The summed E-state index contributed by atoms with van der Waals surface area (Å²) >= 11 is 0. The van der Waals surface area contributed by atoms with Crippen LogP contribution >= 0.6 is 0 Å². The Labute approximate surface area is 96.8 Å². The van der Waals surface area contributed by atoms with Crippen LogP contribution in [0.2, 0.25) is 0 Å². The van der Waals surface area contributed by atoms with Gasteiger partial charge in [-0.15, -0.1) is 0 Å². The van der Waals surface area contributed by atoms with Crippen molar-refractivity contribution < 1.29 is 27.8 Å². The number of carboxylic acid groups (broad SMARTS) is 1. The van der Waals surface area contributed by atoms with E-state index in [1.807, 2.05) is 0 Å². The summed E-state index contributed by atoms with van der Waals surface area (Å²) in [5.41, 5.74) is 0. The molecule has 94 valence electrons. The van der Waals surface area contributed by atoms with Crippen LogP contribution in [0.5, 0.6) is 0 Å². The maximum absolute atomic E-state index is 12.6. The number of sulfonamides is 1. The van der Waals surface area contributed by atoms with Crippen molar-refractivity contribution in [2.24, 2.45) is 0 Å². The highest BCUT2D eigenvalue weighted by molar-refractivity contribution is 7.89. The second kappa shape index (κ2) is 5.21. The van der Waals surface area contributed by atoms with Gasteiger partial charge in [0.25, 0.3) is 0 Å². The number of hydrogen-bond acceptors (Lipinski definition) is 4. The van der Waals surface area contributed by atoms with Gasteiger partial charge in [-0.1, -0.05) is 0 Å². The van der Waals surface area contributed by atoms with E-state index in [-0.39, 0.29) is 4.90 Å². The molecule has 1 atom stereocenters. The van der Waals surface area contributed by atoms with Crippen molar-refractivity contribution in [3.8, 4) is 0 Å². The number of hydrogen-bond donors (Lipinski definition) is 3. The number of benzene rings is 1. The van der Waals surface area contributed by atoms with E-state index in [0.717, 1.165) is 24.3 Å². The van der Waals surface area contributed by atoms with Gasteiger partial charge >= 0.3 is 5.97 Å². The Morgan fingerprint density at radius 2 is 1.88 bits per heavy atom. The zero-order valence-electron chi connectivity index (χ0n) is 8.50. The van der Waals surface area contributed by atoms with Crippen molar-refractivity contribution >= 4 is 16.0 Å². The van der Waals surface area contributed by atoms with Crippen molar-refractivity contribution in [3.05, 3.63) is 30.1 Å². The third-order valence-electron chi connectivity index (χ3n) is 1.90. The molecule has 0 spiro atoms. The number of halogens is 1. The SMILES string of the molecule is O=C(O)C(CO)NS(=O)(=O)c1ccc(F)cc1. The van der Waals surface area contributed by atoms with Gasteiger partial charge in [0.2, 0.25) is 10.0 Å². The first-order valence-corrected chi connectivity index (χ1v) is 5.96. The lowest BCUT2D eigenvalue weighted by Gasteiger charge is -2.11. The first kappa shape index (κ1) is 13.6. The third-order valence-corrected chi connectivity index (χ3v) is 3.39. The normalized spacial score (nSPS) is 13.3. The van der Waals surface area contributed by atoms with Crippen LogP contribution in [-0.4, -0.2) is 37.2 Å². The molecule has 6 nitrogen and oxygen atoms in total. The van der Waals surface area contributed by atoms with Gasteiger partial charge < -0.3 is 10.2 Å². The predicted octanol–water partition coefficient (Wildman–Crippen LogP) is -0.451. The Bertz CT molecular complexity index is 499. The summed E-state index contributed by atoms with van der Waals surface area (Å²) < 4.78 is 37.6. The fourth-order valence-electron chi connectivity index (χ4n) is 1.03. The van der Waals surface area contributed by atoms with Crippen LogP contribution in [0.4, 0.5) is 4.39 Å². The van der Waals surface area contributed by atoms with E-state index in [4.69, 9.17) is 10.2 Å². The molecule has 1 rings (SSSR count). The van der Waals surface area contributed by atoms with Crippen molar-refractivity contribution in [2.45, 2.75) is 10.9 Å². The van der Waals surface area contributed by atoms with Crippen LogP contribution in [0.15, 0.2) is 29.2 Å². The minimum atomic E-state index is -4.09. The molecule has 0 fully saturated rings. The molecule has 0 bridgehead atoms. The highest BCUT2D eigenvalue weighted by Crippen LogP contribution is 2.10. The van der Waals surface area contributed by atoms with Gasteiger partial charge in [0.15, 0.2) is 0 Å². The van der Waals surface area contributed by atoms with E-state index in [1.54, 1.807) is 4.72 Å². The number of aliphatic carboxylic acids is 1. The molecule has 0 radical (unpaired) electrons. The molecule has 0 amide bonds. The Balaban J connectivity index is 2.96. The average Bonchev–Trinajstić information content (AvgIpc) is 2.26. The molecular formula is C9H10FNO5S. The van der Waals surface area contributed by atoms with Crippen LogP contribution in [0.3, 0.4) is 0 Å². The average molecular weight is 263 g/mol. The lowest BCUT2D eigenvalue weighted by molar-refractivity contribution is -0.139. The number of nitrogens with one attached hydrogen (secondary N) is 1. The number of rotatable bonds is 5. The van der Waals surface area contributed by atoms with Gasteiger partial charge in [0.05, 0.1) is 11.5 Å². The smallest absolute Gasteiger partial charge is 0.324 e. The molecule has 0 aromatic heterocycles. The van der Waals surface area contributed by atoms with E-state index in [9.17, 15) is 17.6 Å². The minimum absolute atomic E-state index is 0.279. The maximum atomic E-state index is 12.6. The lowest BCUT2D eigenvalue weighted by Crippen LogP contribution is -2.43. The van der Waals surface area contributed by atoms with Crippen molar-refractivity contribution in [3.63, 3.8) is 0 Å². The predicted molar refractivity (Wildman–Crippen MR) is 55.2 cm³/mol. The monoisotopic (exact) mass is 263 g/mol. The zero-order chi connectivity index (χ0) is 13.1. The molecule has 0 saturated heterocycles. The van der Waals surface area contributed by atoms with E-state index < -0.39 is 34.5 Å². The van der Waals surface area contributed by atoms with Crippen molar-refractivity contribution in [1.29, 1.82) is 0 Å². The quantitative estimate of drug-likeness (QED) is 0.667. The van der Waals surface area contributed by atoms with Gasteiger partial charge in [0.1, 0.15) is 11.9 Å². The van der Waals surface area contributed by atoms with E-state index in [0.29, 0.717) is 0 Å². The molecule has 0 aliphatic carbocycles. The number of carboxylic acids is 1. The Morgan fingerprint density at radius 3 is 2.29 bits per heavy atom. The second-order valence-corrected chi connectivity index (χ2v) is 4.86. The Morgan fingerprint density at radius 1 is 1.35 bits per heavy atom. The summed E-state index contributed by atoms with van der Waals surface area (Å²) in [5, 5.41) is 17.3. The summed E-state index contributed by atoms with van der Waals surface area (Å²) in [4.78, 5) is 10.3. The van der Waals surface area contributed by atoms with Crippen LogP contribution in [0.25, 0.3) is 0 Å². The van der Waals surface area contributed by atoms with Gasteiger partial charge in [-0.2, -0.15) is 4.72 Å². The molecule has 3 N–H and O–H groups in total. The van der Waals surface area contributed by atoms with Crippen molar-refractivity contribution in [2.75, 3.05) is 6.61 Å². The molecule has 1 aromatic carbocycles. The molecule has 0 heterocycles. The van der Waals surface area contributed by atoms with Gasteiger partial charge in [0, 0.05) is 0 Å². The Hall–Kier alpha value is -1.51. The standard InChI is InChI=1S/C9H10FNO5S/c10-6-1-3-7(4-2-6)17(15,16)11-8(5-12)9(13)14/h1-4,8,11-12H,5H2,(H,13,14). The summed E-state index contributed by atoms with van der Waals surface area (Å²) in [5.74, 6) is -2.11. The van der Waals surface area contributed by atoms with Crippen LogP contribution in [0, 0.1) is 5.82 Å². The molecule has 0 aliphatic heterocycles. The fraction of sp³-hybridized carbons (Fsp3) is 0.222. The van der Waals surface area contributed by atoms with E-state index in [2.05, 4.69) is 0 Å². The summed E-state index contributed by atoms with van der Waals surface area (Å²) in [6, 6.07) is 2.22. The highest BCUT2D eigenvalue weighted by Gasteiger charge is 2.24. The van der Waals surface area contributed by atoms with Crippen LogP contribution in [0.1, 0.15) is 0 Å². The number of carbonyl (C=O) groups is 1. The second-order valence-electron chi connectivity index (χ2n) is 3.15. The molecule has 0 saturated carbocycles.